The van der Waals surface area contributed by atoms with Gasteiger partial charge >= 0.3 is 0 Å². The Hall–Kier alpha value is -1.82. The van der Waals surface area contributed by atoms with E-state index >= 15 is 0 Å². The quantitative estimate of drug-likeness (QED) is 0.857. The molecule has 3 atom stereocenters. The highest BCUT2D eigenvalue weighted by Gasteiger charge is 2.48. The van der Waals surface area contributed by atoms with Crippen molar-refractivity contribution >= 4 is 17.5 Å². The van der Waals surface area contributed by atoms with Crippen molar-refractivity contribution in [3.63, 3.8) is 0 Å². The van der Waals surface area contributed by atoms with E-state index in [9.17, 15) is 4.79 Å². The first-order valence-electron chi connectivity index (χ1n) is 8.45. The molecule has 128 valence electrons. The second-order valence-electron chi connectivity index (χ2n) is 7.00. The molecular formula is C17H22ClN5O. The van der Waals surface area contributed by atoms with Crippen LogP contribution in [0.4, 0.5) is 0 Å². The van der Waals surface area contributed by atoms with Gasteiger partial charge in [-0.1, -0.05) is 11.6 Å². The standard InChI is InChI=1S/C17H22ClN5O/c1-10-15(16(18)22(3)20-10)14-5-4-6-23(14)17(24)13-7-12(13)11-8-19-21(2)9-11/h8-9,12-14H,4-7H2,1-3H3/t12-,13+,14-/m0/s1. The van der Waals surface area contributed by atoms with Crippen molar-refractivity contribution in [1.82, 2.24) is 24.5 Å². The average Bonchev–Trinajstić information content (AvgIpc) is 2.84. The molecule has 1 aliphatic carbocycles. The molecule has 2 aromatic heterocycles. The van der Waals surface area contributed by atoms with Crippen molar-refractivity contribution in [3.8, 4) is 0 Å². The molecule has 0 bridgehead atoms. The maximum absolute atomic E-state index is 13.0. The molecule has 1 aliphatic heterocycles. The highest BCUT2D eigenvalue weighted by Crippen LogP contribution is 2.50. The second-order valence-corrected chi connectivity index (χ2v) is 7.36. The van der Waals surface area contributed by atoms with Gasteiger partial charge in [0.1, 0.15) is 5.15 Å². The Morgan fingerprint density at radius 1 is 1.38 bits per heavy atom. The van der Waals surface area contributed by atoms with E-state index in [4.69, 9.17) is 11.6 Å². The molecule has 1 amide bonds. The van der Waals surface area contributed by atoms with Gasteiger partial charge < -0.3 is 4.90 Å². The molecule has 24 heavy (non-hydrogen) atoms. The predicted molar refractivity (Wildman–Crippen MR) is 90.7 cm³/mol. The van der Waals surface area contributed by atoms with Gasteiger partial charge in [0.2, 0.25) is 5.91 Å². The largest absolute Gasteiger partial charge is 0.335 e. The molecule has 0 radical (unpaired) electrons. The van der Waals surface area contributed by atoms with Gasteiger partial charge in [0.05, 0.1) is 17.9 Å². The Morgan fingerprint density at radius 3 is 2.79 bits per heavy atom. The summed E-state index contributed by atoms with van der Waals surface area (Å²) in [6.07, 6.45) is 6.80. The number of nitrogens with zero attached hydrogens (tertiary/aromatic N) is 5. The number of amides is 1. The lowest BCUT2D eigenvalue weighted by Gasteiger charge is -2.25. The van der Waals surface area contributed by atoms with Gasteiger partial charge in [-0.25, -0.2) is 0 Å². The minimum absolute atomic E-state index is 0.0637. The van der Waals surface area contributed by atoms with Gasteiger partial charge in [-0.05, 0) is 37.7 Å². The summed E-state index contributed by atoms with van der Waals surface area (Å²) in [4.78, 5) is 15.1. The average molecular weight is 348 g/mol. The van der Waals surface area contributed by atoms with Crippen LogP contribution in [0.2, 0.25) is 5.15 Å². The number of aromatic nitrogens is 4. The Balaban J connectivity index is 1.54. The Bertz CT molecular complexity index is 795. The van der Waals surface area contributed by atoms with Crippen LogP contribution in [0.1, 0.15) is 48.0 Å². The van der Waals surface area contributed by atoms with E-state index in [-0.39, 0.29) is 17.9 Å². The fourth-order valence-corrected chi connectivity index (χ4v) is 4.34. The lowest BCUT2D eigenvalue weighted by molar-refractivity contribution is -0.133. The van der Waals surface area contributed by atoms with Gasteiger partial charge in [0.15, 0.2) is 0 Å². The number of hydrogen-bond donors (Lipinski definition) is 0. The number of carbonyl (C=O) groups is 1. The monoisotopic (exact) mass is 347 g/mol. The van der Waals surface area contributed by atoms with Gasteiger partial charge in [0.25, 0.3) is 0 Å². The minimum Gasteiger partial charge on any atom is -0.335 e. The topological polar surface area (TPSA) is 56.0 Å². The molecule has 2 aromatic rings. The fraction of sp³-hybridized carbons (Fsp3) is 0.588. The molecular weight excluding hydrogens is 326 g/mol. The van der Waals surface area contributed by atoms with Crippen molar-refractivity contribution < 1.29 is 4.79 Å². The predicted octanol–water partition coefficient (Wildman–Crippen LogP) is 2.58. The Morgan fingerprint density at radius 2 is 2.17 bits per heavy atom. The molecule has 6 nitrogen and oxygen atoms in total. The van der Waals surface area contributed by atoms with Gasteiger partial charge in [0, 0.05) is 38.3 Å². The van der Waals surface area contributed by atoms with E-state index in [0.29, 0.717) is 11.1 Å². The molecule has 2 fully saturated rings. The van der Waals surface area contributed by atoms with E-state index < -0.39 is 0 Å². The van der Waals surface area contributed by atoms with E-state index in [2.05, 4.69) is 10.2 Å². The third-order valence-electron chi connectivity index (χ3n) is 5.33. The van der Waals surface area contributed by atoms with Crippen LogP contribution < -0.4 is 0 Å². The first-order valence-corrected chi connectivity index (χ1v) is 8.83. The summed E-state index contributed by atoms with van der Waals surface area (Å²) in [6, 6.07) is 0.0637. The molecule has 0 N–H and O–H groups in total. The molecule has 2 aliphatic rings. The normalized spacial score (nSPS) is 26.2. The number of likely N-dealkylation sites (tertiary alicyclic amines) is 1. The summed E-state index contributed by atoms with van der Waals surface area (Å²) in [6.45, 7) is 2.78. The van der Waals surface area contributed by atoms with E-state index in [1.165, 1.54) is 5.56 Å². The van der Waals surface area contributed by atoms with Crippen molar-refractivity contribution in [3.05, 3.63) is 34.4 Å². The first kappa shape index (κ1) is 15.7. The molecule has 0 unspecified atom stereocenters. The molecule has 3 heterocycles. The fourth-order valence-electron chi connectivity index (χ4n) is 4.04. The van der Waals surface area contributed by atoms with Crippen LogP contribution >= 0.6 is 11.6 Å². The first-order chi connectivity index (χ1) is 11.5. The Kier molecular flexibility index (Phi) is 3.67. The minimum atomic E-state index is 0.0637. The molecule has 0 spiro atoms. The van der Waals surface area contributed by atoms with Crippen LogP contribution in [-0.2, 0) is 18.9 Å². The van der Waals surface area contributed by atoms with Gasteiger partial charge in [-0.3, -0.25) is 14.2 Å². The summed E-state index contributed by atoms with van der Waals surface area (Å²) in [5.74, 6) is 0.661. The van der Waals surface area contributed by atoms with Crippen molar-refractivity contribution in [1.29, 1.82) is 0 Å². The summed E-state index contributed by atoms with van der Waals surface area (Å²) >= 11 is 6.44. The van der Waals surface area contributed by atoms with Crippen molar-refractivity contribution in [2.45, 2.75) is 38.1 Å². The zero-order valence-corrected chi connectivity index (χ0v) is 15.0. The smallest absolute Gasteiger partial charge is 0.226 e. The highest BCUT2D eigenvalue weighted by atomic mass is 35.5. The molecule has 1 saturated heterocycles. The van der Waals surface area contributed by atoms with Crippen molar-refractivity contribution in [2.75, 3.05) is 6.54 Å². The third kappa shape index (κ3) is 2.44. The summed E-state index contributed by atoms with van der Waals surface area (Å²) in [5, 5.41) is 9.28. The summed E-state index contributed by atoms with van der Waals surface area (Å²) in [7, 11) is 3.76. The summed E-state index contributed by atoms with van der Waals surface area (Å²) < 4.78 is 3.50. The maximum Gasteiger partial charge on any atom is 0.226 e. The number of carbonyl (C=O) groups excluding carboxylic acids is 1. The van der Waals surface area contributed by atoms with Crippen LogP contribution in [0.5, 0.6) is 0 Å². The van der Waals surface area contributed by atoms with E-state index in [1.54, 1.807) is 9.36 Å². The van der Waals surface area contributed by atoms with Crippen LogP contribution in [-0.4, -0.2) is 36.9 Å². The second kappa shape index (κ2) is 5.62. The highest BCUT2D eigenvalue weighted by molar-refractivity contribution is 6.30. The van der Waals surface area contributed by atoms with E-state index in [0.717, 1.165) is 37.1 Å². The van der Waals surface area contributed by atoms with Crippen LogP contribution in [0.15, 0.2) is 12.4 Å². The number of halogens is 1. The van der Waals surface area contributed by atoms with Gasteiger partial charge in [-0.2, -0.15) is 10.2 Å². The molecule has 7 heteroatoms. The Labute approximate surface area is 146 Å². The summed E-state index contributed by atoms with van der Waals surface area (Å²) in [5.41, 5.74) is 3.11. The number of aryl methyl sites for hydroxylation is 3. The molecule has 1 saturated carbocycles. The lowest BCUT2D eigenvalue weighted by atomic mass is 10.1. The zero-order valence-electron chi connectivity index (χ0n) is 14.2. The van der Waals surface area contributed by atoms with Gasteiger partial charge in [-0.15, -0.1) is 0 Å². The maximum atomic E-state index is 13.0. The van der Waals surface area contributed by atoms with Crippen LogP contribution in [0.25, 0.3) is 0 Å². The van der Waals surface area contributed by atoms with Crippen LogP contribution in [0, 0.1) is 12.8 Å². The van der Waals surface area contributed by atoms with E-state index in [1.807, 2.05) is 38.3 Å². The number of hydrogen-bond acceptors (Lipinski definition) is 3. The SMILES string of the molecule is Cc1nn(C)c(Cl)c1[C@@H]1CCCN1C(=O)[C@@H]1C[C@H]1c1cnn(C)c1. The van der Waals surface area contributed by atoms with Crippen molar-refractivity contribution in [2.24, 2.45) is 20.0 Å². The van der Waals surface area contributed by atoms with Crippen LogP contribution in [0.3, 0.4) is 0 Å². The zero-order chi connectivity index (χ0) is 17.0. The number of rotatable bonds is 3. The molecule has 0 aromatic carbocycles. The third-order valence-corrected chi connectivity index (χ3v) is 5.77. The molecule has 4 rings (SSSR count). The lowest BCUT2D eigenvalue weighted by Crippen LogP contribution is -2.32.